The molecule has 1 aromatic rings. The molecule has 0 radical (unpaired) electrons. The predicted octanol–water partition coefficient (Wildman–Crippen LogP) is 4.82. The Labute approximate surface area is 134 Å². The maximum Gasteiger partial charge on any atom is 0.0897 e. The van der Waals surface area contributed by atoms with Gasteiger partial charge in [-0.2, -0.15) is 0 Å². The van der Waals surface area contributed by atoms with E-state index in [1.165, 1.54) is 42.8 Å². The van der Waals surface area contributed by atoms with E-state index in [-0.39, 0.29) is 5.54 Å². The molecule has 1 fully saturated rings. The fourth-order valence-corrected chi connectivity index (χ4v) is 4.15. The summed E-state index contributed by atoms with van der Waals surface area (Å²) in [7, 11) is 0. The van der Waals surface area contributed by atoms with Gasteiger partial charge in [0.2, 0.25) is 0 Å². The standard InChI is InChI=1S/C18H32N2S/c1-6-14-7-8-15(11-19-18(3,4)5)16(9-14)10-17-12-21-13(2)20-17/h12,14-16,19H,6-11H2,1-5H3. The van der Waals surface area contributed by atoms with Gasteiger partial charge in [-0.15, -0.1) is 11.3 Å². The van der Waals surface area contributed by atoms with Gasteiger partial charge in [0.25, 0.3) is 0 Å². The van der Waals surface area contributed by atoms with Crippen LogP contribution in [0.3, 0.4) is 0 Å². The third-order valence-electron chi connectivity index (χ3n) is 4.86. The molecule has 0 aromatic carbocycles. The summed E-state index contributed by atoms with van der Waals surface area (Å²) in [4.78, 5) is 4.70. The van der Waals surface area contributed by atoms with Gasteiger partial charge in [-0.05, 0) is 71.3 Å². The highest BCUT2D eigenvalue weighted by Crippen LogP contribution is 2.37. The molecule has 0 bridgehead atoms. The third-order valence-corrected chi connectivity index (χ3v) is 5.68. The molecule has 0 amide bonds. The van der Waals surface area contributed by atoms with E-state index >= 15 is 0 Å². The van der Waals surface area contributed by atoms with Gasteiger partial charge in [-0.1, -0.05) is 19.8 Å². The van der Waals surface area contributed by atoms with E-state index in [0.717, 1.165) is 24.3 Å². The molecule has 3 unspecified atom stereocenters. The summed E-state index contributed by atoms with van der Waals surface area (Å²) in [5.41, 5.74) is 1.55. The van der Waals surface area contributed by atoms with Gasteiger partial charge in [0.05, 0.1) is 10.7 Å². The van der Waals surface area contributed by atoms with Gasteiger partial charge in [-0.25, -0.2) is 4.98 Å². The Morgan fingerprint density at radius 2 is 2.05 bits per heavy atom. The molecule has 2 nitrogen and oxygen atoms in total. The first-order valence-electron chi connectivity index (χ1n) is 8.53. The van der Waals surface area contributed by atoms with Crippen molar-refractivity contribution in [3.63, 3.8) is 0 Å². The minimum Gasteiger partial charge on any atom is -0.312 e. The molecule has 1 aliphatic carbocycles. The Hall–Kier alpha value is -0.410. The van der Waals surface area contributed by atoms with E-state index in [4.69, 9.17) is 4.98 Å². The number of nitrogens with one attached hydrogen (secondary N) is 1. The monoisotopic (exact) mass is 308 g/mol. The molecule has 0 aliphatic heterocycles. The average Bonchev–Trinajstić information content (AvgIpc) is 2.81. The number of aryl methyl sites for hydroxylation is 1. The predicted molar refractivity (Wildman–Crippen MR) is 92.9 cm³/mol. The zero-order chi connectivity index (χ0) is 15.5. The van der Waals surface area contributed by atoms with Crippen molar-refractivity contribution >= 4 is 11.3 Å². The van der Waals surface area contributed by atoms with E-state index in [1.807, 2.05) is 0 Å². The molecule has 3 atom stereocenters. The molecule has 0 spiro atoms. The first-order chi connectivity index (χ1) is 9.87. The van der Waals surface area contributed by atoms with Crippen LogP contribution in [0, 0.1) is 24.7 Å². The summed E-state index contributed by atoms with van der Waals surface area (Å²) < 4.78 is 0. The zero-order valence-electron chi connectivity index (χ0n) is 14.4. The van der Waals surface area contributed by atoms with Crippen LogP contribution in [-0.2, 0) is 6.42 Å². The fraction of sp³-hybridized carbons (Fsp3) is 0.833. The Kier molecular flexibility index (Phi) is 5.84. The second-order valence-electron chi connectivity index (χ2n) is 7.80. The molecule has 1 saturated carbocycles. The van der Waals surface area contributed by atoms with E-state index in [0.29, 0.717) is 0 Å². The van der Waals surface area contributed by atoms with Crippen molar-refractivity contribution in [2.24, 2.45) is 17.8 Å². The van der Waals surface area contributed by atoms with Gasteiger partial charge < -0.3 is 5.32 Å². The number of aromatic nitrogens is 1. The summed E-state index contributed by atoms with van der Waals surface area (Å²) in [6.07, 6.45) is 6.71. The van der Waals surface area contributed by atoms with Crippen LogP contribution in [0.15, 0.2) is 5.38 Å². The van der Waals surface area contributed by atoms with Crippen molar-refractivity contribution in [3.05, 3.63) is 16.1 Å². The molecule has 21 heavy (non-hydrogen) atoms. The Bertz CT molecular complexity index is 433. The van der Waals surface area contributed by atoms with Crippen molar-refractivity contribution in [2.75, 3.05) is 6.54 Å². The molecule has 1 N–H and O–H groups in total. The van der Waals surface area contributed by atoms with Gasteiger partial charge in [0, 0.05) is 10.9 Å². The van der Waals surface area contributed by atoms with Crippen LogP contribution in [0.2, 0.25) is 0 Å². The lowest BCUT2D eigenvalue weighted by Crippen LogP contribution is -2.42. The molecule has 1 aromatic heterocycles. The maximum absolute atomic E-state index is 4.70. The quantitative estimate of drug-likeness (QED) is 0.843. The van der Waals surface area contributed by atoms with E-state index in [9.17, 15) is 0 Å². The highest BCUT2D eigenvalue weighted by atomic mass is 32.1. The second kappa shape index (κ2) is 7.23. The van der Waals surface area contributed by atoms with Crippen LogP contribution < -0.4 is 5.32 Å². The van der Waals surface area contributed by atoms with Crippen LogP contribution in [0.1, 0.15) is 64.1 Å². The van der Waals surface area contributed by atoms with Gasteiger partial charge in [0.1, 0.15) is 0 Å². The average molecular weight is 309 g/mol. The highest BCUT2D eigenvalue weighted by Gasteiger charge is 2.30. The molecule has 3 heteroatoms. The number of nitrogens with zero attached hydrogens (tertiary/aromatic N) is 1. The number of thiazole rings is 1. The highest BCUT2D eigenvalue weighted by molar-refractivity contribution is 7.09. The molecular weight excluding hydrogens is 276 g/mol. The number of hydrogen-bond acceptors (Lipinski definition) is 3. The largest absolute Gasteiger partial charge is 0.312 e. The molecule has 2 rings (SSSR count). The third kappa shape index (κ3) is 5.37. The van der Waals surface area contributed by atoms with E-state index in [1.54, 1.807) is 11.3 Å². The molecular formula is C18H32N2S. The van der Waals surface area contributed by atoms with Crippen molar-refractivity contribution in [3.8, 4) is 0 Å². The summed E-state index contributed by atoms with van der Waals surface area (Å²) in [6, 6.07) is 0. The van der Waals surface area contributed by atoms with Gasteiger partial charge in [0.15, 0.2) is 0 Å². The summed E-state index contributed by atoms with van der Waals surface area (Å²) in [5.74, 6) is 2.55. The van der Waals surface area contributed by atoms with Crippen LogP contribution in [0.25, 0.3) is 0 Å². The number of rotatable bonds is 5. The lowest BCUT2D eigenvalue weighted by molar-refractivity contribution is 0.162. The van der Waals surface area contributed by atoms with Crippen molar-refractivity contribution < 1.29 is 0 Å². The first-order valence-corrected chi connectivity index (χ1v) is 9.41. The SMILES string of the molecule is CCC1CCC(CNC(C)(C)C)C(Cc2csc(C)n2)C1. The van der Waals surface area contributed by atoms with Crippen molar-refractivity contribution in [1.29, 1.82) is 0 Å². The normalized spacial score (nSPS) is 27.0. The Morgan fingerprint density at radius 3 is 2.62 bits per heavy atom. The van der Waals surface area contributed by atoms with E-state index in [2.05, 4.69) is 45.3 Å². The fourth-order valence-electron chi connectivity index (χ4n) is 3.52. The van der Waals surface area contributed by atoms with Crippen LogP contribution in [0.4, 0.5) is 0 Å². The summed E-state index contributed by atoms with van der Waals surface area (Å²) in [5, 5.41) is 7.20. The lowest BCUT2D eigenvalue weighted by Gasteiger charge is -2.37. The Morgan fingerprint density at radius 1 is 1.29 bits per heavy atom. The minimum atomic E-state index is 0.226. The van der Waals surface area contributed by atoms with Crippen LogP contribution in [-0.4, -0.2) is 17.1 Å². The minimum absolute atomic E-state index is 0.226. The van der Waals surface area contributed by atoms with Gasteiger partial charge >= 0.3 is 0 Å². The van der Waals surface area contributed by atoms with E-state index < -0.39 is 0 Å². The van der Waals surface area contributed by atoms with Crippen molar-refractivity contribution in [1.82, 2.24) is 10.3 Å². The smallest absolute Gasteiger partial charge is 0.0897 e. The van der Waals surface area contributed by atoms with Crippen LogP contribution >= 0.6 is 11.3 Å². The van der Waals surface area contributed by atoms with Crippen LogP contribution in [0.5, 0.6) is 0 Å². The zero-order valence-corrected chi connectivity index (χ0v) is 15.2. The number of hydrogen-bond donors (Lipinski definition) is 1. The second-order valence-corrected chi connectivity index (χ2v) is 8.86. The van der Waals surface area contributed by atoms with Gasteiger partial charge in [-0.3, -0.25) is 0 Å². The summed E-state index contributed by atoms with van der Waals surface area (Å²) in [6.45, 7) is 12.4. The summed E-state index contributed by atoms with van der Waals surface area (Å²) >= 11 is 1.79. The Balaban J connectivity index is 1.99. The lowest BCUT2D eigenvalue weighted by atomic mass is 9.71. The molecule has 0 saturated heterocycles. The molecule has 120 valence electrons. The maximum atomic E-state index is 4.70. The van der Waals surface area contributed by atoms with Crippen molar-refractivity contribution in [2.45, 2.75) is 72.3 Å². The molecule has 1 aliphatic rings. The first kappa shape index (κ1) is 17.0. The molecule has 1 heterocycles. The topological polar surface area (TPSA) is 24.9 Å².